The number of carbonyl (C=O) groups excluding carboxylic acids is 1. The first kappa shape index (κ1) is 19.3. The van der Waals surface area contributed by atoms with E-state index in [1.54, 1.807) is 0 Å². The first-order chi connectivity index (χ1) is 13.5. The number of aromatic nitrogens is 4. The van der Waals surface area contributed by atoms with Crippen LogP contribution < -0.4 is 21.3 Å². The van der Waals surface area contributed by atoms with Crippen LogP contribution in [0.15, 0.2) is 34.2 Å². The molecule has 2 heterocycles. The van der Waals surface area contributed by atoms with E-state index >= 15 is 0 Å². The van der Waals surface area contributed by atoms with E-state index < -0.39 is 11.2 Å². The van der Waals surface area contributed by atoms with Crippen LogP contribution in [0.25, 0.3) is 0 Å². The second kappa shape index (κ2) is 8.94. The highest BCUT2D eigenvalue weighted by Crippen LogP contribution is 2.24. The van der Waals surface area contributed by atoms with Crippen LogP contribution in [0, 0.1) is 11.3 Å². The van der Waals surface area contributed by atoms with Gasteiger partial charge < -0.3 is 14.6 Å². The summed E-state index contributed by atoms with van der Waals surface area (Å²) >= 11 is 0. The van der Waals surface area contributed by atoms with Crippen molar-refractivity contribution >= 4 is 5.91 Å². The number of H-pyrrole nitrogens is 1. The topological polar surface area (TPSA) is 143 Å². The van der Waals surface area contributed by atoms with Gasteiger partial charge in [0.05, 0.1) is 0 Å². The molecule has 2 aromatic rings. The summed E-state index contributed by atoms with van der Waals surface area (Å²) in [4.78, 5) is 44.9. The summed E-state index contributed by atoms with van der Waals surface area (Å²) in [5.41, 5.74) is -0.831. The third-order valence-corrected chi connectivity index (χ3v) is 4.56. The molecule has 146 valence electrons. The average Bonchev–Trinajstić information content (AvgIpc) is 2.69. The Morgan fingerprint density at radius 2 is 2.04 bits per heavy atom. The average molecular weight is 384 g/mol. The number of hydrogen-bond acceptors (Lipinski definition) is 7. The lowest BCUT2D eigenvalue weighted by molar-refractivity contribution is -0.122. The van der Waals surface area contributed by atoms with Gasteiger partial charge in [0, 0.05) is 43.7 Å². The van der Waals surface area contributed by atoms with Gasteiger partial charge in [0.25, 0.3) is 11.4 Å². The van der Waals surface area contributed by atoms with Crippen LogP contribution in [0.5, 0.6) is 5.88 Å². The molecule has 1 aliphatic carbocycles. The number of carbonyl (C=O) groups is 1. The zero-order chi connectivity index (χ0) is 19.9. The molecule has 2 N–H and O–H groups in total. The van der Waals surface area contributed by atoms with Crippen LogP contribution in [-0.4, -0.2) is 37.6 Å². The minimum atomic E-state index is -0.529. The third-order valence-electron chi connectivity index (χ3n) is 4.56. The molecule has 0 bridgehead atoms. The Kier molecular flexibility index (Phi) is 6.16. The van der Waals surface area contributed by atoms with Gasteiger partial charge in [0.15, 0.2) is 0 Å². The fraction of sp³-hybridized carbons (Fsp3) is 0.444. The Labute approximate surface area is 160 Å². The number of nitrogens with one attached hydrogen (secondary N) is 2. The molecule has 10 nitrogen and oxygen atoms in total. The molecule has 2 aromatic heterocycles. The fourth-order valence-corrected chi connectivity index (χ4v) is 3.11. The molecule has 28 heavy (non-hydrogen) atoms. The van der Waals surface area contributed by atoms with Gasteiger partial charge in [-0.1, -0.05) is 0 Å². The van der Waals surface area contributed by atoms with Crippen molar-refractivity contribution in [2.75, 3.05) is 0 Å². The van der Waals surface area contributed by atoms with Crippen LogP contribution in [0.2, 0.25) is 0 Å². The zero-order valence-corrected chi connectivity index (χ0v) is 15.1. The summed E-state index contributed by atoms with van der Waals surface area (Å²) in [5.74, 6) is 0.0898. The number of amides is 1. The van der Waals surface area contributed by atoms with Crippen LogP contribution in [0.1, 0.15) is 37.8 Å². The molecular formula is C18H20N6O4. The van der Waals surface area contributed by atoms with Crippen molar-refractivity contribution in [3.63, 3.8) is 0 Å². The van der Waals surface area contributed by atoms with Crippen molar-refractivity contribution in [2.45, 2.75) is 50.8 Å². The Morgan fingerprint density at radius 1 is 1.29 bits per heavy atom. The summed E-state index contributed by atoms with van der Waals surface area (Å²) < 4.78 is 7.07. The van der Waals surface area contributed by atoms with E-state index in [1.165, 1.54) is 29.2 Å². The van der Waals surface area contributed by atoms with Crippen molar-refractivity contribution in [3.8, 4) is 11.9 Å². The standard InChI is InChI=1S/C18H20N6O4/c19-11-14-17(21-8-7-20-14)28-13-3-1-12(2-4-13)22-15(25)5-9-24-10-6-16(26)23-18(24)27/h6-8,10,12-13H,1-5,9H2,(H,22,25)(H,23,26,27). The molecule has 10 heteroatoms. The van der Waals surface area contributed by atoms with Crippen molar-refractivity contribution in [3.05, 3.63) is 51.2 Å². The van der Waals surface area contributed by atoms with Crippen LogP contribution in [0.4, 0.5) is 0 Å². The quantitative estimate of drug-likeness (QED) is 0.719. The number of ether oxygens (including phenoxy) is 1. The molecule has 1 amide bonds. The molecule has 0 radical (unpaired) electrons. The van der Waals surface area contributed by atoms with E-state index in [2.05, 4.69) is 20.3 Å². The lowest BCUT2D eigenvalue weighted by Crippen LogP contribution is -2.40. The Bertz CT molecular complexity index is 984. The van der Waals surface area contributed by atoms with Crippen molar-refractivity contribution in [1.29, 1.82) is 5.26 Å². The molecule has 0 aliphatic heterocycles. The van der Waals surface area contributed by atoms with Crippen LogP contribution in [-0.2, 0) is 11.3 Å². The fourth-order valence-electron chi connectivity index (χ4n) is 3.11. The van der Waals surface area contributed by atoms with E-state index in [0.717, 1.165) is 25.7 Å². The van der Waals surface area contributed by atoms with Crippen molar-refractivity contribution in [1.82, 2.24) is 24.8 Å². The predicted molar refractivity (Wildman–Crippen MR) is 97.5 cm³/mol. The lowest BCUT2D eigenvalue weighted by atomic mass is 9.93. The summed E-state index contributed by atoms with van der Waals surface area (Å²) in [5, 5.41) is 12.0. The van der Waals surface area contributed by atoms with E-state index in [9.17, 15) is 14.4 Å². The van der Waals surface area contributed by atoms with Gasteiger partial charge in [-0.3, -0.25) is 14.6 Å². The highest BCUT2D eigenvalue weighted by atomic mass is 16.5. The number of nitriles is 1. The van der Waals surface area contributed by atoms with Gasteiger partial charge in [0.2, 0.25) is 11.6 Å². The first-order valence-corrected chi connectivity index (χ1v) is 9.02. The Balaban J connectivity index is 1.43. The minimum Gasteiger partial charge on any atom is -0.472 e. The maximum absolute atomic E-state index is 12.1. The van der Waals surface area contributed by atoms with Crippen LogP contribution >= 0.6 is 0 Å². The normalized spacial score (nSPS) is 18.8. The second-order valence-electron chi connectivity index (χ2n) is 6.53. The Hall–Kier alpha value is -3.48. The molecule has 0 saturated heterocycles. The summed E-state index contributed by atoms with van der Waals surface area (Å²) in [6.07, 6.45) is 7.32. The highest BCUT2D eigenvalue weighted by molar-refractivity contribution is 5.76. The number of aryl methyl sites for hydroxylation is 1. The molecule has 0 unspecified atom stereocenters. The summed E-state index contributed by atoms with van der Waals surface area (Å²) in [6, 6.07) is 3.24. The van der Waals surface area contributed by atoms with E-state index in [1.807, 2.05) is 6.07 Å². The zero-order valence-electron chi connectivity index (χ0n) is 15.1. The smallest absolute Gasteiger partial charge is 0.328 e. The first-order valence-electron chi connectivity index (χ1n) is 9.02. The maximum Gasteiger partial charge on any atom is 0.328 e. The van der Waals surface area contributed by atoms with Crippen LogP contribution in [0.3, 0.4) is 0 Å². The van der Waals surface area contributed by atoms with Gasteiger partial charge in [-0.2, -0.15) is 5.26 Å². The number of nitrogens with zero attached hydrogens (tertiary/aromatic N) is 4. The van der Waals surface area contributed by atoms with Gasteiger partial charge >= 0.3 is 5.69 Å². The molecule has 1 fully saturated rings. The van der Waals surface area contributed by atoms with Gasteiger partial charge in [0.1, 0.15) is 12.2 Å². The minimum absolute atomic E-state index is 0.0388. The molecule has 0 atom stereocenters. The largest absolute Gasteiger partial charge is 0.472 e. The molecular weight excluding hydrogens is 364 g/mol. The maximum atomic E-state index is 12.1. The van der Waals surface area contributed by atoms with E-state index in [4.69, 9.17) is 10.00 Å². The second-order valence-corrected chi connectivity index (χ2v) is 6.53. The van der Waals surface area contributed by atoms with Gasteiger partial charge in [-0.25, -0.2) is 14.8 Å². The Morgan fingerprint density at radius 3 is 2.75 bits per heavy atom. The number of hydrogen-bond donors (Lipinski definition) is 2. The predicted octanol–water partition coefficient (Wildman–Crippen LogP) is 0.0948. The van der Waals surface area contributed by atoms with E-state index in [0.29, 0.717) is 0 Å². The summed E-state index contributed by atoms with van der Waals surface area (Å²) in [7, 11) is 0. The third kappa shape index (κ3) is 5.03. The molecule has 1 saturated carbocycles. The van der Waals surface area contributed by atoms with Gasteiger partial charge in [-0.15, -0.1) is 0 Å². The molecule has 0 spiro atoms. The van der Waals surface area contributed by atoms with Gasteiger partial charge in [-0.05, 0) is 25.7 Å². The number of aromatic amines is 1. The molecule has 3 rings (SSSR count). The monoisotopic (exact) mass is 384 g/mol. The molecule has 0 aromatic carbocycles. The molecule has 1 aliphatic rings. The van der Waals surface area contributed by atoms with E-state index in [-0.39, 0.29) is 42.6 Å². The SMILES string of the molecule is N#Cc1nccnc1OC1CCC(NC(=O)CCn2ccc(=O)[nH]c2=O)CC1. The number of rotatable bonds is 6. The van der Waals surface area contributed by atoms with Crippen molar-refractivity contribution < 1.29 is 9.53 Å². The highest BCUT2D eigenvalue weighted by Gasteiger charge is 2.24. The van der Waals surface area contributed by atoms with Crippen molar-refractivity contribution in [2.24, 2.45) is 0 Å². The summed E-state index contributed by atoms with van der Waals surface area (Å²) in [6.45, 7) is 0.198. The lowest BCUT2D eigenvalue weighted by Gasteiger charge is -2.29.